The molecule has 0 spiro atoms. The van der Waals surface area contributed by atoms with Crippen LogP contribution in [0.4, 0.5) is 22.0 Å². The van der Waals surface area contributed by atoms with Crippen LogP contribution in [-0.4, -0.2) is 32.3 Å². The Morgan fingerprint density at radius 3 is 2.06 bits per heavy atom. The van der Waals surface area contributed by atoms with Crippen LogP contribution in [-0.2, 0) is 40.2 Å². The van der Waals surface area contributed by atoms with Crippen molar-refractivity contribution >= 4 is 16.0 Å². The van der Waals surface area contributed by atoms with E-state index >= 15 is 0 Å². The maximum absolute atomic E-state index is 12.8. The van der Waals surface area contributed by atoms with Crippen molar-refractivity contribution in [1.82, 2.24) is 5.32 Å². The molecule has 0 aromatic rings. The number of rotatable bonds is 5. The number of hydrogen-bond donors (Lipinski definition) is 1. The van der Waals surface area contributed by atoms with Gasteiger partial charge >= 0.3 is 21.3 Å². The van der Waals surface area contributed by atoms with Crippen LogP contribution in [0.15, 0.2) is 0 Å². The molecule has 108 valence electrons. The van der Waals surface area contributed by atoms with E-state index in [-0.39, 0.29) is 27.6 Å². The van der Waals surface area contributed by atoms with Gasteiger partial charge in [-0.2, -0.15) is 17.2 Å². The van der Waals surface area contributed by atoms with Gasteiger partial charge in [0.2, 0.25) is 0 Å². The minimum absolute atomic E-state index is 0. The van der Waals surface area contributed by atoms with E-state index in [4.69, 9.17) is 0 Å². The van der Waals surface area contributed by atoms with Crippen LogP contribution in [0.3, 0.4) is 0 Å². The maximum atomic E-state index is 12.8. The van der Waals surface area contributed by atoms with Gasteiger partial charge in [-0.1, -0.05) is 6.61 Å². The average Bonchev–Trinajstić information content (AvgIpc) is 2.14. The van der Waals surface area contributed by atoms with E-state index < -0.39 is 34.1 Å². The molecule has 0 aliphatic rings. The number of hydrogen-bond acceptors (Lipinski definition) is 4. The first-order valence-corrected chi connectivity index (χ1v) is 5.35. The van der Waals surface area contributed by atoms with Crippen molar-refractivity contribution in [2.24, 2.45) is 0 Å². The van der Waals surface area contributed by atoms with Crippen molar-refractivity contribution in [3.8, 4) is 0 Å². The monoisotopic (exact) mass is 468 g/mol. The predicted molar refractivity (Wildman–Crippen MR) is 44.0 cm³/mol. The molecule has 0 saturated carbocycles. The Kier molecular flexibility index (Phi) is 7.53. The van der Waals surface area contributed by atoms with Crippen LogP contribution < -0.4 is 5.32 Å². The van der Waals surface area contributed by atoms with E-state index in [9.17, 15) is 35.2 Å². The molecule has 0 atom stereocenters. The van der Waals surface area contributed by atoms with Gasteiger partial charge < -0.3 is 9.50 Å². The zero-order chi connectivity index (χ0) is 13.9. The second-order valence-corrected chi connectivity index (χ2v) is 4.20. The summed E-state index contributed by atoms with van der Waals surface area (Å²) in [7, 11) is -6.04. The van der Waals surface area contributed by atoms with E-state index in [1.807, 2.05) is 0 Å². The smallest absolute Gasteiger partial charge is 0.433 e. The van der Waals surface area contributed by atoms with E-state index in [1.165, 1.54) is 12.2 Å². The van der Waals surface area contributed by atoms with Gasteiger partial charge in [-0.15, -0.1) is 0 Å². The molecule has 0 unspecified atom stereocenters. The van der Waals surface area contributed by atoms with Gasteiger partial charge in [-0.25, -0.2) is 13.2 Å². The Bertz CT molecular complexity index is 382. The fourth-order valence-electron chi connectivity index (χ4n) is 0.555. The topological polar surface area (TPSA) is 72.5 Å². The fourth-order valence-corrected chi connectivity index (χ4v) is 1.21. The number of nitrogens with one attached hydrogen (secondary N) is 1. The number of halogens is 5. The molecule has 0 bridgehead atoms. The minimum atomic E-state index is -6.04. The molecule has 0 fully saturated rings. The molecular weight excluding hydrogens is 461 g/mol. The SMILES string of the molecule is CCNC(=O)C(F)(F)S(=O)(=O)O[CH-]C(F)(F)F.[W]. The Morgan fingerprint density at radius 2 is 1.72 bits per heavy atom. The minimum Gasteiger partial charge on any atom is -0.433 e. The summed E-state index contributed by atoms with van der Waals surface area (Å²) in [5, 5.41) is -3.66. The summed E-state index contributed by atoms with van der Waals surface area (Å²) in [6.45, 7) is -0.369. The van der Waals surface area contributed by atoms with E-state index in [0.717, 1.165) is 0 Å². The summed E-state index contributed by atoms with van der Waals surface area (Å²) in [4.78, 5) is 10.6. The summed E-state index contributed by atoms with van der Waals surface area (Å²) < 4.78 is 84.5. The second kappa shape index (κ2) is 6.76. The summed E-state index contributed by atoms with van der Waals surface area (Å²) in [6.07, 6.45) is -5.23. The number of alkyl halides is 5. The molecule has 0 saturated heterocycles. The van der Waals surface area contributed by atoms with Gasteiger partial charge in [0.15, 0.2) is 0 Å². The molecule has 0 aliphatic carbocycles. The molecule has 18 heavy (non-hydrogen) atoms. The Labute approximate surface area is 113 Å². The summed E-state index contributed by atoms with van der Waals surface area (Å²) >= 11 is 0. The quantitative estimate of drug-likeness (QED) is 0.368. The normalized spacial score (nSPS) is 12.8. The molecule has 1 amide bonds. The van der Waals surface area contributed by atoms with Gasteiger partial charge in [0, 0.05) is 27.6 Å². The molecule has 0 aliphatic heterocycles. The van der Waals surface area contributed by atoms with Gasteiger partial charge in [0.25, 0.3) is 6.18 Å². The zero-order valence-corrected chi connectivity index (χ0v) is 12.4. The molecule has 0 aromatic heterocycles. The summed E-state index contributed by atoms with van der Waals surface area (Å²) in [6, 6.07) is 0. The Balaban J connectivity index is 0. The van der Waals surface area contributed by atoms with Crippen LogP contribution >= 0.6 is 0 Å². The van der Waals surface area contributed by atoms with Crippen molar-refractivity contribution in [2.45, 2.75) is 18.4 Å². The van der Waals surface area contributed by atoms with Gasteiger partial charge in [-0.05, 0) is 6.92 Å². The van der Waals surface area contributed by atoms with E-state index in [1.54, 1.807) is 0 Å². The largest absolute Gasteiger partial charge is 0.444 e. The van der Waals surface area contributed by atoms with Gasteiger partial charge in [0.1, 0.15) is 0 Å². The third-order valence-electron chi connectivity index (χ3n) is 1.22. The average molecular weight is 468 g/mol. The van der Waals surface area contributed by atoms with Gasteiger partial charge in [0.05, 0.1) is 0 Å². The first kappa shape index (κ1) is 20.0. The molecule has 0 aromatic carbocycles. The van der Waals surface area contributed by atoms with E-state index in [2.05, 4.69) is 4.18 Å². The maximum Gasteiger partial charge on any atom is 0.444 e. The van der Waals surface area contributed by atoms with Crippen LogP contribution in [0.1, 0.15) is 6.92 Å². The summed E-state index contributed by atoms with van der Waals surface area (Å²) in [5.41, 5.74) is 0. The first-order chi connectivity index (χ1) is 7.44. The number of carbonyl (C=O) groups excluding carboxylic acids is 1. The Hall–Kier alpha value is -0.282. The predicted octanol–water partition coefficient (Wildman–Crippen LogP) is 0.783. The van der Waals surface area contributed by atoms with Crippen LogP contribution in [0, 0.1) is 6.61 Å². The molecule has 12 heteroatoms. The van der Waals surface area contributed by atoms with E-state index in [0.29, 0.717) is 0 Å². The fraction of sp³-hybridized carbons (Fsp3) is 0.667. The van der Waals surface area contributed by atoms with Crippen molar-refractivity contribution in [3.05, 3.63) is 6.61 Å². The molecule has 0 heterocycles. The third kappa shape index (κ3) is 5.57. The molecule has 0 radical (unpaired) electrons. The third-order valence-corrected chi connectivity index (χ3v) is 2.39. The van der Waals surface area contributed by atoms with Crippen LogP contribution in [0.25, 0.3) is 0 Å². The molecular formula is C6H7F5NO4SW-. The number of carbonyl (C=O) groups is 1. The first-order valence-electron chi connectivity index (χ1n) is 3.94. The summed E-state index contributed by atoms with van der Waals surface area (Å²) in [5.74, 6) is -2.27. The van der Waals surface area contributed by atoms with Crippen molar-refractivity contribution in [2.75, 3.05) is 6.54 Å². The molecule has 1 N–H and O–H groups in total. The van der Waals surface area contributed by atoms with Crippen molar-refractivity contribution in [1.29, 1.82) is 0 Å². The van der Waals surface area contributed by atoms with Crippen molar-refractivity contribution < 1.29 is 60.4 Å². The van der Waals surface area contributed by atoms with Crippen LogP contribution in [0.2, 0.25) is 0 Å². The molecule has 5 nitrogen and oxygen atoms in total. The number of amides is 1. The zero-order valence-electron chi connectivity index (χ0n) is 8.62. The standard InChI is InChI=1S/C6H7F5NO4S.W/c1-2-12-4(13)6(10,11)17(14,15)16-3-5(7,8)9;/h3H,2H2,1H3,(H,12,13);/q-1;. The van der Waals surface area contributed by atoms with Crippen molar-refractivity contribution in [3.63, 3.8) is 0 Å². The molecule has 0 rings (SSSR count). The van der Waals surface area contributed by atoms with Gasteiger partial charge in [-0.3, -0.25) is 4.79 Å². The second-order valence-electron chi connectivity index (χ2n) is 2.59. The Morgan fingerprint density at radius 1 is 1.28 bits per heavy atom. The van der Waals surface area contributed by atoms with Crippen LogP contribution in [0.5, 0.6) is 0 Å².